The lowest BCUT2D eigenvalue weighted by molar-refractivity contribution is -0.163. The highest BCUT2D eigenvalue weighted by molar-refractivity contribution is 5.99. The van der Waals surface area contributed by atoms with Crippen LogP contribution in [-0.2, 0) is 23.9 Å². The van der Waals surface area contributed by atoms with Gasteiger partial charge in [0.05, 0.1) is 11.3 Å². The van der Waals surface area contributed by atoms with Crippen molar-refractivity contribution >= 4 is 17.7 Å². The van der Waals surface area contributed by atoms with E-state index in [1.807, 2.05) is 13.0 Å². The first kappa shape index (κ1) is 17.9. The van der Waals surface area contributed by atoms with Crippen LogP contribution in [0.3, 0.4) is 0 Å². The molecular weight excluding hydrogens is 320 g/mol. The molecule has 0 aromatic heterocycles. The van der Waals surface area contributed by atoms with E-state index in [1.54, 1.807) is 32.9 Å². The average Bonchev–Trinajstić information content (AvgIpc) is 2.99. The first-order valence-corrected chi connectivity index (χ1v) is 8.98. The number of carbonyl (C=O) groups excluding carboxylic acids is 3. The van der Waals surface area contributed by atoms with Crippen LogP contribution >= 0.6 is 0 Å². The van der Waals surface area contributed by atoms with Crippen molar-refractivity contribution in [1.82, 2.24) is 0 Å². The standard InChI is InChI=1S/C20H26O5/c1-6-10(2)18(22)25-17-16-12(4)19(23)24-14(16)9-11(3)13-7-8-15(21)20(13,17)5/h6-8,11-14,16-17H,9H2,1-5H3/t11?,12?,13?,14?,16?,17?,20-/m0/s1. The molecule has 7 atom stereocenters. The van der Waals surface area contributed by atoms with E-state index in [2.05, 4.69) is 6.92 Å². The highest BCUT2D eigenvalue weighted by Crippen LogP contribution is 2.54. The molecule has 2 aliphatic carbocycles. The third-order valence-electron chi connectivity index (χ3n) is 6.47. The zero-order valence-electron chi connectivity index (χ0n) is 15.4. The highest BCUT2D eigenvalue weighted by Gasteiger charge is 2.62. The van der Waals surface area contributed by atoms with Crippen LogP contribution in [0.2, 0.25) is 0 Å². The molecule has 3 aliphatic rings. The third-order valence-corrected chi connectivity index (χ3v) is 6.47. The van der Waals surface area contributed by atoms with E-state index in [0.29, 0.717) is 12.0 Å². The number of ether oxygens (including phenoxy) is 2. The first-order valence-electron chi connectivity index (χ1n) is 8.98. The number of carbonyl (C=O) groups is 3. The lowest BCUT2D eigenvalue weighted by atomic mass is 9.66. The maximum Gasteiger partial charge on any atom is 0.333 e. The van der Waals surface area contributed by atoms with Crippen LogP contribution in [-0.4, -0.2) is 29.9 Å². The molecule has 0 spiro atoms. The summed E-state index contributed by atoms with van der Waals surface area (Å²) in [6.45, 7) is 9.20. The molecule has 2 fully saturated rings. The minimum absolute atomic E-state index is 0.0276. The van der Waals surface area contributed by atoms with Crippen LogP contribution < -0.4 is 0 Å². The van der Waals surface area contributed by atoms with Crippen molar-refractivity contribution in [3.63, 3.8) is 0 Å². The van der Waals surface area contributed by atoms with Gasteiger partial charge in [-0.25, -0.2) is 4.79 Å². The molecule has 1 saturated heterocycles. The average molecular weight is 346 g/mol. The molecule has 5 nitrogen and oxygen atoms in total. The van der Waals surface area contributed by atoms with Crippen LogP contribution in [0.4, 0.5) is 0 Å². The quantitative estimate of drug-likeness (QED) is 0.568. The second kappa shape index (κ2) is 6.11. The number of rotatable bonds is 2. The molecule has 136 valence electrons. The second-order valence-corrected chi connectivity index (χ2v) is 7.88. The Morgan fingerprint density at radius 1 is 1.36 bits per heavy atom. The molecule has 25 heavy (non-hydrogen) atoms. The van der Waals surface area contributed by atoms with Gasteiger partial charge in [0.1, 0.15) is 12.2 Å². The van der Waals surface area contributed by atoms with Gasteiger partial charge in [0.2, 0.25) is 0 Å². The van der Waals surface area contributed by atoms with Crippen molar-refractivity contribution in [2.24, 2.45) is 29.1 Å². The molecule has 6 unspecified atom stereocenters. The smallest absolute Gasteiger partial charge is 0.333 e. The summed E-state index contributed by atoms with van der Waals surface area (Å²) in [7, 11) is 0. The van der Waals surface area contributed by atoms with E-state index in [-0.39, 0.29) is 35.6 Å². The Balaban J connectivity index is 2.07. The Bertz CT molecular complexity index is 676. The Morgan fingerprint density at radius 3 is 2.68 bits per heavy atom. The predicted molar refractivity (Wildman–Crippen MR) is 91.4 cm³/mol. The van der Waals surface area contributed by atoms with Gasteiger partial charge in [0, 0.05) is 11.5 Å². The second-order valence-electron chi connectivity index (χ2n) is 7.88. The van der Waals surface area contributed by atoms with Crippen LogP contribution in [0.25, 0.3) is 0 Å². The number of esters is 2. The van der Waals surface area contributed by atoms with E-state index in [0.717, 1.165) is 0 Å². The summed E-state index contributed by atoms with van der Waals surface area (Å²) in [5, 5.41) is 0. The van der Waals surface area contributed by atoms with Crippen molar-refractivity contribution in [3.05, 3.63) is 23.8 Å². The molecule has 0 N–H and O–H groups in total. The highest BCUT2D eigenvalue weighted by atomic mass is 16.6. The summed E-state index contributed by atoms with van der Waals surface area (Å²) in [4.78, 5) is 37.5. The van der Waals surface area contributed by atoms with Crippen LogP contribution in [0.5, 0.6) is 0 Å². The lowest BCUT2D eigenvalue weighted by Crippen LogP contribution is -2.50. The summed E-state index contributed by atoms with van der Waals surface area (Å²) in [6.07, 6.45) is 4.91. The Kier molecular flexibility index (Phi) is 4.38. The minimum Gasteiger partial charge on any atom is -0.462 e. The summed E-state index contributed by atoms with van der Waals surface area (Å²) in [5.74, 6) is -1.32. The van der Waals surface area contributed by atoms with Crippen LogP contribution in [0.15, 0.2) is 23.8 Å². The van der Waals surface area contributed by atoms with Gasteiger partial charge in [-0.1, -0.05) is 26.0 Å². The zero-order chi connectivity index (χ0) is 18.5. The topological polar surface area (TPSA) is 69.7 Å². The molecule has 0 amide bonds. The van der Waals surface area contributed by atoms with Crippen molar-refractivity contribution in [1.29, 1.82) is 0 Å². The van der Waals surface area contributed by atoms with Gasteiger partial charge in [0.25, 0.3) is 0 Å². The van der Waals surface area contributed by atoms with Gasteiger partial charge in [0.15, 0.2) is 5.78 Å². The molecule has 0 radical (unpaired) electrons. The van der Waals surface area contributed by atoms with E-state index in [4.69, 9.17) is 9.47 Å². The molecule has 3 rings (SSSR count). The molecule has 1 aliphatic heterocycles. The summed E-state index contributed by atoms with van der Waals surface area (Å²) in [5.41, 5.74) is -0.365. The van der Waals surface area contributed by atoms with Gasteiger partial charge >= 0.3 is 11.9 Å². The molecule has 0 bridgehead atoms. The van der Waals surface area contributed by atoms with Crippen LogP contribution in [0.1, 0.15) is 41.0 Å². The summed E-state index contributed by atoms with van der Waals surface area (Å²) < 4.78 is 11.5. The summed E-state index contributed by atoms with van der Waals surface area (Å²) >= 11 is 0. The zero-order valence-corrected chi connectivity index (χ0v) is 15.4. The Hall–Kier alpha value is -1.91. The molecule has 0 aromatic rings. The fourth-order valence-corrected chi connectivity index (χ4v) is 4.76. The molecule has 1 saturated carbocycles. The molecule has 5 heteroatoms. The number of hydrogen-bond acceptors (Lipinski definition) is 5. The normalized spacial score (nSPS) is 43.3. The first-order chi connectivity index (χ1) is 11.7. The van der Waals surface area contributed by atoms with Crippen molar-refractivity contribution in [2.45, 2.75) is 53.2 Å². The Labute approximate surface area is 148 Å². The Morgan fingerprint density at radius 2 is 2.04 bits per heavy atom. The van der Waals surface area contributed by atoms with Crippen molar-refractivity contribution in [2.75, 3.05) is 0 Å². The number of ketones is 1. The van der Waals surface area contributed by atoms with Crippen LogP contribution in [0, 0.1) is 29.1 Å². The predicted octanol–water partition coefficient (Wildman–Crippen LogP) is 2.84. The van der Waals surface area contributed by atoms with Crippen molar-refractivity contribution in [3.8, 4) is 0 Å². The number of allylic oxidation sites excluding steroid dienone is 3. The van der Waals surface area contributed by atoms with Gasteiger partial charge in [-0.3, -0.25) is 9.59 Å². The van der Waals surface area contributed by atoms with E-state index in [9.17, 15) is 14.4 Å². The van der Waals surface area contributed by atoms with E-state index < -0.39 is 23.4 Å². The third kappa shape index (κ3) is 2.55. The van der Waals surface area contributed by atoms with Gasteiger partial charge in [-0.2, -0.15) is 0 Å². The van der Waals surface area contributed by atoms with E-state index in [1.165, 1.54) is 0 Å². The monoisotopic (exact) mass is 346 g/mol. The largest absolute Gasteiger partial charge is 0.462 e. The van der Waals surface area contributed by atoms with E-state index >= 15 is 0 Å². The summed E-state index contributed by atoms with van der Waals surface area (Å²) in [6, 6.07) is 0. The maximum atomic E-state index is 12.8. The fraction of sp³-hybridized carbons (Fsp3) is 0.650. The number of hydrogen-bond donors (Lipinski definition) is 0. The fourth-order valence-electron chi connectivity index (χ4n) is 4.76. The van der Waals surface area contributed by atoms with Gasteiger partial charge < -0.3 is 9.47 Å². The molecular formula is C20H26O5. The lowest BCUT2D eigenvalue weighted by Gasteiger charge is -2.40. The van der Waals surface area contributed by atoms with Crippen molar-refractivity contribution < 1.29 is 23.9 Å². The SMILES string of the molecule is CC=C(C)C(=O)OC1C2C(CC(C)C3C=CC(=O)[C@]31C)OC(=O)C2C. The molecule has 0 aromatic carbocycles. The maximum absolute atomic E-state index is 12.8. The number of fused-ring (bicyclic) bond motifs is 2. The minimum atomic E-state index is -0.856. The molecule has 1 heterocycles. The van der Waals surface area contributed by atoms with Gasteiger partial charge in [-0.15, -0.1) is 0 Å². The van der Waals surface area contributed by atoms with Gasteiger partial charge in [-0.05, 0) is 45.1 Å².